The Hall–Kier alpha value is -1.60. The topological polar surface area (TPSA) is 73.8 Å². The highest BCUT2D eigenvalue weighted by atomic mass is 32.2. The van der Waals surface area contributed by atoms with Crippen molar-refractivity contribution in [2.45, 2.75) is 57.1 Å². The molecule has 0 spiro atoms. The molecule has 0 saturated heterocycles. The van der Waals surface area contributed by atoms with Gasteiger partial charge in [0.2, 0.25) is 10.0 Å². The third-order valence-corrected chi connectivity index (χ3v) is 6.06. The van der Waals surface area contributed by atoms with Gasteiger partial charge in [0.15, 0.2) is 5.96 Å². The molecule has 1 aliphatic carbocycles. The van der Waals surface area contributed by atoms with Crippen molar-refractivity contribution in [2.24, 2.45) is 4.99 Å². The summed E-state index contributed by atoms with van der Waals surface area (Å²) in [6, 6.07) is 7.43. The van der Waals surface area contributed by atoms with Crippen LogP contribution in [0.25, 0.3) is 0 Å². The third-order valence-electron chi connectivity index (χ3n) is 4.01. The van der Waals surface area contributed by atoms with E-state index in [0.29, 0.717) is 17.5 Å². The number of nitrogens with zero attached hydrogens (tertiary/aromatic N) is 2. The van der Waals surface area contributed by atoms with E-state index in [1.807, 2.05) is 32.9 Å². The van der Waals surface area contributed by atoms with Gasteiger partial charge in [-0.2, -0.15) is 4.31 Å². The number of guanidine groups is 1. The summed E-state index contributed by atoms with van der Waals surface area (Å²) in [7, 11) is -1.83. The van der Waals surface area contributed by atoms with Crippen LogP contribution in [-0.4, -0.2) is 44.4 Å². The molecule has 1 aromatic rings. The zero-order valence-corrected chi connectivity index (χ0v) is 15.7. The Balaban J connectivity index is 2.05. The standard InChI is InChI=1S/C17H28N4O2S/c1-5-18-17(20-15-8-9-15)19-12-14-6-10-16(11-7-14)24(22,23)21(4)13(2)3/h6-7,10-11,13,15H,5,8-9,12H2,1-4H3,(H2,18,19,20). The summed E-state index contributed by atoms with van der Waals surface area (Å²) in [5.74, 6) is 0.816. The van der Waals surface area contributed by atoms with E-state index in [4.69, 9.17) is 0 Å². The maximum atomic E-state index is 12.4. The average molecular weight is 353 g/mol. The van der Waals surface area contributed by atoms with Crippen molar-refractivity contribution in [1.82, 2.24) is 14.9 Å². The predicted molar refractivity (Wildman–Crippen MR) is 97.5 cm³/mol. The molecule has 0 atom stereocenters. The van der Waals surface area contributed by atoms with Crippen molar-refractivity contribution < 1.29 is 8.42 Å². The fraction of sp³-hybridized carbons (Fsp3) is 0.588. The highest BCUT2D eigenvalue weighted by molar-refractivity contribution is 7.89. The first-order valence-electron chi connectivity index (χ1n) is 8.46. The number of rotatable bonds is 7. The second-order valence-electron chi connectivity index (χ2n) is 6.37. The number of nitrogens with one attached hydrogen (secondary N) is 2. The zero-order valence-electron chi connectivity index (χ0n) is 14.9. The molecule has 1 aromatic carbocycles. The summed E-state index contributed by atoms with van der Waals surface area (Å²) in [4.78, 5) is 4.87. The number of aliphatic imine (C=N–C) groups is 1. The van der Waals surface area contributed by atoms with Crippen molar-refractivity contribution in [3.8, 4) is 0 Å². The minimum atomic E-state index is -3.43. The van der Waals surface area contributed by atoms with Gasteiger partial charge in [0.25, 0.3) is 0 Å². The Kier molecular flexibility index (Phi) is 6.23. The molecule has 0 unspecified atom stereocenters. The Morgan fingerprint density at radius 2 is 1.92 bits per heavy atom. The van der Waals surface area contributed by atoms with Gasteiger partial charge in [0.1, 0.15) is 0 Å². The van der Waals surface area contributed by atoms with E-state index < -0.39 is 10.0 Å². The molecule has 0 heterocycles. The summed E-state index contributed by atoms with van der Waals surface area (Å²) in [6.45, 7) is 7.08. The van der Waals surface area contributed by atoms with Crippen LogP contribution in [0.5, 0.6) is 0 Å². The van der Waals surface area contributed by atoms with Gasteiger partial charge in [0, 0.05) is 25.7 Å². The van der Waals surface area contributed by atoms with Crippen LogP contribution in [-0.2, 0) is 16.6 Å². The minimum absolute atomic E-state index is 0.0737. The van der Waals surface area contributed by atoms with E-state index in [9.17, 15) is 8.42 Å². The van der Waals surface area contributed by atoms with E-state index in [0.717, 1.165) is 18.1 Å². The summed E-state index contributed by atoms with van der Waals surface area (Å²) >= 11 is 0. The maximum absolute atomic E-state index is 12.4. The molecule has 134 valence electrons. The Labute approximate surface area is 145 Å². The van der Waals surface area contributed by atoms with Crippen LogP contribution >= 0.6 is 0 Å². The first-order valence-corrected chi connectivity index (χ1v) is 9.90. The molecule has 0 aliphatic heterocycles. The number of hydrogen-bond donors (Lipinski definition) is 2. The molecule has 1 saturated carbocycles. The molecular weight excluding hydrogens is 324 g/mol. The average Bonchev–Trinajstić information content (AvgIpc) is 3.36. The molecule has 6 nitrogen and oxygen atoms in total. The smallest absolute Gasteiger partial charge is 0.243 e. The lowest BCUT2D eigenvalue weighted by Crippen LogP contribution is -2.38. The van der Waals surface area contributed by atoms with Gasteiger partial charge in [0.05, 0.1) is 11.4 Å². The number of sulfonamides is 1. The molecule has 1 fully saturated rings. The van der Waals surface area contributed by atoms with Crippen molar-refractivity contribution >= 4 is 16.0 Å². The summed E-state index contributed by atoms with van der Waals surface area (Å²) in [5, 5.41) is 6.59. The Morgan fingerprint density at radius 3 is 2.42 bits per heavy atom. The summed E-state index contributed by atoms with van der Waals surface area (Å²) in [6.07, 6.45) is 2.39. The van der Waals surface area contributed by atoms with Gasteiger partial charge in [-0.05, 0) is 51.3 Å². The lowest BCUT2D eigenvalue weighted by atomic mass is 10.2. The molecule has 2 N–H and O–H groups in total. The van der Waals surface area contributed by atoms with Crippen molar-refractivity contribution in [3.63, 3.8) is 0 Å². The van der Waals surface area contributed by atoms with Crippen LogP contribution in [0.3, 0.4) is 0 Å². The molecule has 1 aliphatic rings. The first kappa shape index (κ1) is 18.7. The monoisotopic (exact) mass is 352 g/mol. The molecule has 0 aromatic heterocycles. The highest BCUT2D eigenvalue weighted by Crippen LogP contribution is 2.19. The van der Waals surface area contributed by atoms with Crippen LogP contribution in [0, 0.1) is 0 Å². The normalized spacial score (nSPS) is 15.8. The van der Waals surface area contributed by atoms with Crippen LogP contribution in [0.2, 0.25) is 0 Å². The van der Waals surface area contributed by atoms with E-state index in [1.54, 1.807) is 19.2 Å². The fourth-order valence-corrected chi connectivity index (χ4v) is 3.49. The van der Waals surface area contributed by atoms with Gasteiger partial charge in [-0.25, -0.2) is 13.4 Å². The van der Waals surface area contributed by atoms with Crippen LogP contribution in [0.1, 0.15) is 39.2 Å². The maximum Gasteiger partial charge on any atom is 0.243 e. The summed E-state index contributed by atoms with van der Waals surface area (Å²) < 4.78 is 26.3. The largest absolute Gasteiger partial charge is 0.357 e. The second kappa shape index (κ2) is 7.98. The molecule has 2 rings (SSSR count). The van der Waals surface area contributed by atoms with Crippen molar-refractivity contribution in [3.05, 3.63) is 29.8 Å². The van der Waals surface area contributed by atoms with Gasteiger partial charge in [-0.3, -0.25) is 0 Å². The van der Waals surface area contributed by atoms with Gasteiger partial charge >= 0.3 is 0 Å². The van der Waals surface area contributed by atoms with E-state index in [-0.39, 0.29) is 6.04 Å². The number of benzene rings is 1. The fourth-order valence-electron chi connectivity index (χ4n) is 2.12. The van der Waals surface area contributed by atoms with Crippen molar-refractivity contribution in [2.75, 3.05) is 13.6 Å². The molecule has 7 heteroatoms. The summed E-state index contributed by atoms with van der Waals surface area (Å²) in [5.41, 5.74) is 0.981. The first-order chi connectivity index (χ1) is 11.3. The van der Waals surface area contributed by atoms with Gasteiger partial charge in [-0.1, -0.05) is 12.1 Å². The van der Waals surface area contributed by atoms with Gasteiger partial charge in [-0.15, -0.1) is 0 Å². The quantitative estimate of drug-likeness (QED) is 0.581. The minimum Gasteiger partial charge on any atom is -0.357 e. The zero-order chi connectivity index (χ0) is 17.7. The SMILES string of the molecule is CCNC(=NCc1ccc(S(=O)(=O)N(C)C(C)C)cc1)NC1CC1. The second-order valence-corrected chi connectivity index (χ2v) is 8.37. The number of hydrogen-bond acceptors (Lipinski definition) is 3. The van der Waals surface area contributed by atoms with Crippen molar-refractivity contribution in [1.29, 1.82) is 0 Å². The lowest BCUT2D eigenvalue weighted by molar-refractivity contribution is 0.410. The Morgan fingerprint density at radius 1 is 1.29 bits per heavy atom. The molecule has 0 amide bonds. The van der Waals surface area contributed by atoms with E-state index in [2.05, 4.69) is 15.6 Å². The molecule has 0 bridgehead atoms. The molecular formula is C17H28N4O2S. The lowest BCUT2D eigenvalue weighted by Gasteiger charge is -2.21. The highest BCUT2D eigenvalue weighted by Gasteiger charge is 2.23. The van der Waals surface area contributed by atoms with Crippen LogP contribution in [0.4, 0.5) is 0 Å². The van der Waals surface area contributed by atoms with E-state index >= 15 is 0 Å². The third kappa shape index (κ3) is 4.95. The Bertz CT molecular complexity index is 664. The van der Waals surface area contributed by atoms with Crippen LogP contribution in [0.15, 0.2) is 34.2 Å². The molecule has 0 radical (unpaired) electrons. The molecule has 24 heavy (non-hydrogen) atoms. The van der Waals surface area contributed by atoms with Crippen LogP contribution < -0.4 is 10.6 Å². The van der Waals surface area contributed by atoms with E-state index in [1.165, 1.54) is 17.1 Å². The predicted octanol–water partition coefficient (Wildman–Crippen LogP) is 1.93. The van der Waals surface area contributed by atoms with Gasteiger partial charge < -0.3 is 10.6 Å².